The molecule has 0 atom stereocenters. The second-order valence-electron chi connectivity index (χ2n) is 3.98. The molecular weight excluding hydrogens is 347 g/mol. The molecule has 0 radical (unpaired) electrons. The summed E-state index contributed by atoms with van der Waals surface area (Å²) in [5, 5.41) is 0. The van der Waals surface area contributed by atoms with Crippen LogP contribution in [0.3, 0.4) is 0 Å². The van der Waals surface area contributed by atoms with Crippen LogP contribution in [0.25, 0.3) is 0 Å². The molecule has 0 spiro atoms. The Morgan fingerprint density at radius 1 is 1.30 bits per heavy atom. The fraction of sp³-hybridized carbons (Fsp3) is 0.231. The Kier molecular flexibility index (Phi) is 6.07. The fourth-order valence-corrected chi connectivity index (χ4v) is 3.82. The summed E-state index contributed by atoms with van der Waals surface area (Å²) in [6.45, 7) is 7.05. The van der Waals surface area contributed by atoms with Crippen LogP contribution < -0.4 is 5.73 Å². The highest BCUT2D eigenvalue weighted by Crippen LogP contribution is 2.26. The normalized spacial score (nSPS) is 11.6. The van der Waals surface area contributed by atoms with Crippen LogP contribution in [0, 0.1) is 5.82 Å². The Morgan fingerprint density at radius 2 is 1.85 bits per heavy atom. The van der Waals surface area contributed by atoms with Crippen LogP contribution >= 0.6 is 15.9 Å². The van der Waals surface area contributed by atoms with E-state index < -0.39 is 20.7 Å². The Hall–Kier alpha value is -1.02. The molecule has 0 heterocycles. The highest BCUT2D eigenvalue weighted by Gasteiger charge is 2.27. The summed E-state index contributed by atoms with van der Waals surface area (Å²) in [6.07, 6.45) is 2.86. The smallest absolute Gasteiger partial charge is 0.246 e. The Bertz CT molecular complexity index is 607. The second kappa shape index (κ2) is 7.12. The zero-order valence-corrected chi connectivity index (χ0v) is 13.3. The molecule has 1 aromatic carbocycles. The van der Waals surface area contributed by atoms with Crippen molar-refractivity contribution >= 4 is 26.0 Å². The van der Waals surface area contributed by atoms with Crippen LogP contribution in [0.2, 0.25) is 0 Å². The van der Waals surface area contributed by atoms with Crippen molar-refractivity contribution < 1.29 is 12.8 Å². The molecule has 4 nitrogen and oxygen atoms in total. The molecule has 110 valence electrons. The van der Waals surface area contributed by atoms with Gasteiger partial charge in [-0.05, 0) is 12.1 Å². The summed E-state index contributed by atoms with van der Waals surface area (Å²) < 4.78 is 40.7. The Balaban J connectivity index is 3.43. The van der Waals surface area contributed by atoms with Crippen molar-refractivity contribution in [1.82, 2.24) is 4.31 Å². The second-order valence-corrected chi connectivity index (χ2v) is 6.80. The van der Waals surface area contributed by atoms with Crippen molar-refractivity contribution in [3.8, 4) is 0 Å². The monoisotopic (exact) mass is 362 g/mol. The van der Waals surface area contributed by atoms with Gasteiger partial charge in [0.15, 0.2) is 0 Å². The lowest BCUT2D eigenvalue weighted by Crippen LogP contribution is -2.32. The van der Waals surface area contributed by atoms with E-state index in [2.05, 4.69) is 29.1 Å². The molecule has 0 unspecified atom stereocenters. The summed E-state index contributed by atoms with van der Waals surface area (Å²) in [5.74, 6) is -0.825. The molecule has 0 saturated carbocycles. The van der Waals surface area contributed by atoms with Gasteiger partial charge in [-0.3, -0.25) is 0 Å². The van der Waals surface area contributed by atoms with Crippen LogP contribution in [0.15, 0.2) is 46.8 Å². The van der Waals surface area contributed by atoms with Crippen molar-refractivity contribution in [2.24, 2.45) is 5.73 Å². The molecule has 0 aliphatic heterocycles. The van der Waals surface area contributed by atoms with Crippen LogP contribution in [0.1, 0.15) is 5.56 Å². The van der Waals surface area contributed by atoms with Gasteiger partial charge in [-0.15, -0.1) is 13.2 Å². The van der Waals surface area contributed by atoms with Gasteiger partial charge in [0.2, 0.25) is 10.0 Å². The van der Waals surface area contributed by atoms with Crippen molar-refractivity contribution in [2.45, 2.75) is 11.4 Å². The number of nitrogens with zero attached hydrogens (tertiary/aromatic N) is 1. The van der Waals surface area contributed by atoms with Gasteiger partial charge in [0.05, 0.1) is 0 Å². The van der Waals surface area contributed by atoms with Gasteiger partial charge in [0.1, 0.15) is 10.7 Å². The highest BCUT2D eigenvalue weighted by molar-refractivity contribution is 9.10. The van der Waals surface area contributed by atoms with E-state index in [-0.39, 0.29) is 25.2 Å². The number of nitrogens with two attached hydrogens (primary N) is 1. The van der Waals surface area contributed by atoms with E-state index in [1.165, 1.54) is 24.3 Å². The average Bonchev–Trinajstić information content (AvgIpc) is 2.40. The minimum absolute atomic E-state index is 0.0677. The summed E-state index contributed by atoms with van der Waals surface area (Å²) in [7, 11) is -3.98. The molecular formula is C13H16BrFN2O2S. The number of halogens is 2. The van der Waals surface area contributed by atoms with Gasteiger partial charge in [-0.25, -0.2) is 12.8 Å². The van der Waals surface area contributed by atoms with Gasteiger partial charge >= 0.3 is 0 Å². The van der Waals surface area contributed by atoms with Gasteiger partial charge in [-0.2, -0.15) is 4.31 Å². The Morgan fingerprint density at radius 3 is 2.30 bits per heavy atom. The van der Waals surface area contributed by atoms with Crippen molar-refractivity contribution in [3.63, 3.8) is 0 Å². The maximum Gasteiger partial charge on any atom is 0.246 e. The standard InChI is InChI=1S/C13H16BrFN2O2S/c1-3-5-17(6-4-2)20(18,19)12-8-11(14)7-10(9-16)13(12)15/h3-4,7-8H,1-2,5-6,9,16H2. The van der Waals surface area contributed by atoms with Gasteiger partial charge in [-0.1, -0.05) is 28.1 Å². The van der Waals surface area contributed by atoms with E-state index in [0.717, 1.165) is 4.31 Å². The molecule has 2 N–H and O–H groups in total. The predicted molar refractivity (Wildman–Crippen MR) is 81.1 cm³/mol. The number of benzene rings is 1. The maximum atomic E-state index is 14.2. The third-order valence-electron chi connectivity index (χ3n) is 2.58. The first kappa shape index (κ1) is 17.0. The molecule has 0 bridgehead atoms. The van der Waals surface area contributed by atoms with E-state index in [1.807, 2.05) is 0 Å². The Labute approximate surface area is 127 Å². The quantitative estimate of drug-likeness (QED) is 0.757. The average molecular weight is 363 g/mol. The minimum atomic E-state index is -3.98. The van der Waals surface area contributed by atoms with Gasteiger partial charge in [0.25, 0.3) is 0 Å². The van der Waals surface area contributed by atoms with E-state index in [9.17, 15) is 12.8 Å². The zero-order valence-electron chi connectivity index (χ0n) is 10.9. The van der Waals surface area contributed by atoms with E-state index >= 15 is 0 Å². The molecule has 0 aliphatic rings. The molecule has 7 heteroatoms. The molecule has 0 saturated heterocycles. The lowest BCUT2D eigenvalue weighted by molar-refractivity contribution is 0.465. The summed E-state index contributed by atoms with van der Waals surface area (Å²) in [5.41, 5.74) is 5.56. The number of rotatable bonds is 7. The number of sulfonamides is 1. The van der Waals surface area contributed by atoms with Gasteiger partial charge < -0.3 is 5.73 Å². The largest absolute Gasteiger partial charge is 0.326 e. The van der Waals surface area contributed by atoms with Crippen LogP contribution in [0.5, 0.6) is 0 Å². The van der Waals surface area contributed by atoms with Crippen LogP contribution in [-0.2, 0) is 16.6 Å². The van der Waals surface area contributed by atoms with Crippen molar-refractivity contribution in [3.05, 3.63) is 53.3 Å². The molecule has 0 fully saturated rings. The van der Waals surface area contributed by atoms with Crippen molar-refractivity contribution in [2.75, 3.05) is 13.1 Å². The fourth-order valence-electron chi connectivity index (χ4n) is 1.65. The molecule has 1 rings (SSSR count). The summed E-state index contributed by atoms with van der Waals surface area (Å²) >= 11 is 3.16. The first-order valence-corrected chi connectivity index (χ1v) is 8.01. The van der Waals surface area contributed by atoms with E-state index in [1.54, 1.807) is 0 Å². The first-order chi connectivity index (χ1) is 9.38. The topological polar surface area (TPSA) is 63.4 Å². The lowest BCUT2D eigenvalue weighted by atomic mass is 10.2. The number of hydrogen-bond donors (Lipinski definition) is 1. The van der Waals surface area contributed by atoms with Crippen LogP contribution in [0.4, 0.5) is 4.39 Å². The van der Waals surface area contributed by atoms with E-state index in [0.29, 0.717) is 4.47 Å². The van der Waals surface area contributed by atoms with Crippen LogP contribution in [-0.4, -0.2) is 25.8 Å². The summed E-state index contributed by atoms with van der Waals surface area (Å²) in [4.78, 5) is -0.406. The molecule has 1 aromatic rings. The van der Waals surface area contributed by atoms with Crippen molar-refractivity contribution in [1.29, 1.82) is 0 Å². The van der Waals surface area contributed by atoms with Gasteiger partial charge in [0, 0.05) is 29.7 Å². The third-order valence-corrected chi connectivity index (χ3v) is 4.87. The third kappa shape index (κ3) is 3.54. The highest BCUT2D eigenvalue weighted by atomic mass is 79.9. The molecule has 0 amide bonds. The predicted octanol–water partition coefficient (Wildman–Crippen LogP) is 2.41. The molecule has 0 aliphatic carbocycles. The minimum Gasteiger partial charge on any atom is -0.326 e. The zero-order chi connectivity index (χ0) is 15.3. The number of hydrogen-bond acceptors (Lipinski definition) is 3. The molecule has 0 aromatic heterocycles. The molecule has 20 heavy (non-hydrogen) atoms. The first-order valence-electron chi connectivity index (χ1n) is 5.78. The van der Waals surface area contributed by atoms with E-state index in [4.69, 9.17) is 5.73 Å². The maximum absolute atomic E-state index is 14.2. The lowest BCUT2D eigenvalue weighted by Gasteiger charge is -2.20. The SMILES string of the molecule is C=CCN(CC=C)S(=O)(=O)c1cc(Br)cc(CN)c1F. The summed E-state index contributed by atoms with van der Waals surface area (Å²) in [6, 6.07) is 2.68.